The lowest BCUT2D eigenvalue weighted by Gasteiger charge is -2.23. The monoisotopic (exact) mass is 270 g/mol. The van der Waals surface area contributed by atoms with Crippen LogP contribution in [0.1, 0.15) is 38.5 Å². The van der Waals surface area contributed by atoms with Gasteiger partial charge in [-0.05, 0) is 31.6 Å². The van der Waals surface area contributed by atoms with Crippen LogP contribution < -0.4 is 0 Å². The maximum absolute atomic E-state index is 11.2. The Morgan fingerprint density at radius 3 is 2.11 bits per heavy atom. The van der Waals surface area contributed by atoms with Gasteiger partial charge in [-0.1, -0.05) is 19.4 Å². The average Bonchev–Trinajstić information content (AvgIpc) is 2.54. The number of esters is 1. The number of hydrogen-bond donors (Lipinski definition) is 0. The lowest BCUT2D eigenvalue weighted by atomic mass is 9.95. The molecule has 1 aliphatic rings. The predicted octanol–water partition coefficient (Wildman–Crippen LogP) is 2.72. The number of hydrogen-bond acceptors (Lipinski definition) is 4. The fourth-order valence-electron chi connectivity index (χ4n) is 2.64. The predicted molar refractivity (Wildman–Crippen MR) is 73.9 cm³/mol. The molecule has 0 aliphatic heterocycles. The SMILES string of the molecule is C=CC(=O)OCC1CC(OC)CCCCC(OC)C1. The Labute approximate surface area is 116 Å². The topological polar surface area (TPSA) is 44.8 Å². The van der Waals surface area contributed by atoms with Crippen LogP contribution in [0.5, 0.6) is 0 Å². The zero-order valence-corrected chi connectivity index (χ0v) is 12.1. The zero-order chi connectivity index (χ0) is 14.1. The summed E-state index contributed by atoms with van der Waals surface area (Å²) in [5.41, 5.74) is 0. The van der Waals surface area contributed by atoms with Crippen LogP contribution in [0.15, 0.2) is 12.7 Å². The summed E-state index contributed by atoms with van der Waals surface area (Å²) < 4.78 is 16.2. The summed E-state index contributed by atoms with van der Waals surface area (Å²) in [5, 5.41) is 0. The van der Waals surface area contributed by atoms with Crippen molar-refractivity contribution in [2.24, 2.45) is 5.92 Å². The summed E-state index contributed by atoms with van der Waals surface area (Å²) in [4.78, 5) is 11.2. The minimum atomic E-state index is -0.359. The molecule has 2 unspecified atom stereocenters. The molecular formula is C15H26O4. The molecule has 0 bridgehead atoms. The molecule has 0 aromatic rings. The average molecular weight is 270 g/mol. The van der Waals surface area contributed by atoms with E-state index in [0.29, 0.717) is 6.61 Å². The zero-order valence-electron chi connectivity index (χ0n) is 12.1. The van der Waals surface area contributed by atoms with Gasteiger partial charge < -0.3 is 14.2 Å². The molecule has 110 valence electrons. The quantitative estimate of drug-likeness (QED) is 0.569. The largest absolute Gasteiger partial charge is 0.462 e. The van der Waals surface area contributed by atoms with E-state index in [1.807, 2.05) is 0 Å². The van der Waals surface area contributed by atoms with Gasteiger partial charge in [-0.3, -0.25) is 0 Å². The van der Waals surface area contributed by atoms with Crippen LogP contribution >= 0.6 is 0 Å². The highest BCUT2D eigenvalue weighted by molar-refractivity contribution is 5.81. The highest BCUT2D eigenvalue weighted by Gasteiger charge is 2.23. The van der Waals surface area contributed by atoms with E-state index >= 15 is 0 Å². The molecule has 0 N–H and O–H groups in total. The van der Waals surface area contributed by atoms with Crippen LogP contribution in [-0.4, -0.2) is 39.0 Å². The van der Waals surface area contributed by atoms with E-state index in [2.05, 4.69) is 6.58 Å². The van der Waals surface area contributed by atoms with E-state index in [-0.39, 0.29) is 24.1 Å². The first-order valence-electron chi connectivity index (χ1n) is 7.04. The van der Waals surface area contributed by atoms with Crippen LogP contribution in [0.25, 0.3) is 0 Å². The number of rotatable bonds is 5. The van der Waals surface area contributed by atoms with Crippen molar-refractivity contribution in [1.82, 2.24) is 0 Å². The highest BCUT2D eigenvalue weighted by Crippen LogP contribution is 2.25. The van der Waals surface area contributed by atoms with Gasteiger partial charge in [-0.25, -0.2) is 4.79 Å². The smallest absolute Gasteiger partial charge is 0.330 e. The lowest BCUT2D eigenvalue weighted by Crippen LogP contribution is -2.24. The Balaban J connectivity index is 2.57. The third-order valence-corrected chi connectivity index (χ3v) is 3.79. The van der Waals surface area contributed by atoms with Crippen molar-refractivity contribution in [3.63, 3.8) is 0 Å². The van der Waals surface area contributed by atoms with Gasteiger partial charge in [0.25, 0.3) is 0 Å². The molecule has 0 amide bonds. The van der Waals surface area contributed by atoms with Crippen LogP contribution in [0, 0.1) is 5.92 Å². The molecule has 0 heterocycles. The molecule has 0 radical (unpaired) electrons. The molecule has 4 nitrogen and oxygen atoms in total. The molecule has 1 aliphatic carbocycles. The van der Waals surface area contributed by atoms with Crippen molar-refractivity contribution in [3.05, 3.63) is 12.7 Å². The van der Waals surface area contributed by atoms with Gasteiger partial charge in [0.05, 0.1) is 18.8 Å². The molecule has 0 saturated heterocycles. The van der Waals surface area contributed by atoms with Crippen molar-refractivity contribution in [1.29, 1.82) is 0 Å². The molecule has 1 rings (SSSR count). The van der Waals surface area contributed by atoms with Crippen molar-refractivity contribution in [2.75, 3.05) is 20.8 Å². The first-order valence-corrected chi connectivity index (χ1v) is 7.04. The van der Waals surface area contributed by atoms with Gasteiger partial charge in [-0.15, -0.1) is 0 Å². The number of methoxy groups -OCH3 is 2. The Morgan fingerprint density at radius 2 is 1.68 bits per heavy atom. The molecule has 19 heavy (non-hydrogen) atoms. The van der Waals surface area contributed by atoms with Gasteiger partial charge in [0.15, 0.2) is 0 Å². The normalized spacial score (nSPS) is 28.8. The fourth-order valence-corrected chi connectivity index (χ4v) is 2.64. The van der Waals surface area contributed by atoms with Crippen LogP contribution in [0.2, 0.25) is 0 Å². The Bertz CT molecular complexity index is 261. The van der Waals surface area contributed by atoms with E-state index in [1.54, 1.807) is 14.2 Å². The number of carbonyl (C=O) groups is 1. The minimum absolute atomic E-state index is 0.253. The van der Waals surface area contributed by atoms with Crippen molar-refractivity contribution in [3.8, 4) is 0 Å². The van der Waals surface area contributed by atoms with Gasteiger partial charge >= 0.3 is 5.97 Å². The van der Waals surface area contributed by atoms with E-state index in [1.165, 1.54) is 6.08 Å². The molecule has 2 atom stereocenters. The summed E-state index contributed by atoms with van der Waals surface area (Å²) in [5.74, 6) is -0.0697. The summed E-state index contributed by atoms with van der Waals surface area (Å²) in [6.07, 6.45) is 8.01. The molecule has 1 fully saturated rings. The van der Waals surface area contributed by atoms with Crippen molar-refractivity contribution < 1.29 is 19.0 Å². The Morgan fingerprint density at radius 1 is 1.16 bits per heavy atom. The Kier molecular flexibility index (Phi) is 7.75. The maximum Gasteiger partial charge on any atom is 0.330 e. The van der Waals surface area contributed by atoms with Crippen LogP contribution in [0.3, 0.4) is 0 Å². The van der Waals surface area contributed by atoms with E-state index in [9.17, 15) is 4.79 Å². The molecule has 0 aromatic heterocycles. The fraction of sp³-hybridized carbons (Fsp3) is 0.800. The highest BCUT2D eigenvalue weighted by atomic mass is 16.5. The van der Waals surface area contributed by atoms with Crippen molar-refractivity contribution in [2.45, 2.75) is 50.7 Å². The number of ether oxygens (including phenoxy) is 3. The standard InChI is InChI=1S/C15H26O4/c1-4-15(16)19-11-12-9-13(17-2)7-5-6-8-14(10-12)18-3/h4,12-14H,1,5-11H2,2-3H3. The lowest BCUT2D eigenvalue weighted by molar-refractivity contribution is -0.139. The van der Waals surface area contributed by atoms with Crippen LogP contribution in [-0.2, 0) is 19.0 Å². The Hall–Kier alpha value is -0.870. The van der Waals surface area contributed by atoms with Gasteiger partial charge in [0.2, 0.25) is 0 Å². The first kappa shape index (κ1) is 16.2. The molecule has 1 saturated carbocycles. The summed E-state index contributed by atoms with van der Waals surface area (Å²) in [6, 6.07) is 0. The van der Waals surface area contributed by atoms with Gasteiger partial charge in [0, 0.05) is 20.3 Å². The van der Waals surface area contributed by atoms with Gasteiger partial charge in [-0.2, -0.15) is 0 Å². The first-order chi connectivity index (χ1) is 9.19. The van der Waals surface area contributed by atoms with E-state index in [4.69, 9.17) is 14.2 Å². The number of carbonyl (C=O) groups excluding carboxylic acids is 1. The van der Waals surface area contributed by atoms with E-state index < -0.39 is 0 Å². The molecule has 0 spiro atoms. The van der Waals surface area contributed by atoms with Gasteiger partial charge in [0.1, 0.15) is 0 Å². The second kappa shape index (κ2) is 9.10. The summed E-state index contributed by atoms with van der Waals surface area (Å²) in [7, 11) is 3.51. The van der Waals surface area contributed by atoms with E-state index in [0.717, 1.165) is 38.5 Å². The summed E-state index contributed by atoms with van der Waals surface area (Å²) >= 11 is 0. The van der Waals surface area contributed by atoms with Crippen LogP contribution in [0.4, 0.5) is 0 Å². The molecule has 4 heteroatoms. The second-order valence-corrected chi connectivity index (χ2v) is 5.17. The third kappa shape index (κ3) is 6.21. The van der Waals surface area contributed by atoms with Crippen molar-refractivity contribution >= 4 is 5.97 Å². The minimum Gasteiger partial charge on any atom is -0.462 e. The molecular weight excluding hydrogens is 244 g/mol. The molecule has 0 aromatic carbocycles. The maximum atomic E-state index is 11.2. The third-order valence-electron chi connectivity index (χ3n) is 3.79. The second-order valence-electron chi connectivity index (χ2n) is 5.17. The summed E-state index contributed by atoms with van der Waals surface area (Å²) in [6.45, 7) is 3.83.